The van der Waals surface area contributed by atoms with Gasteiger partial charge in [-0.25, -0.2) is 4.79 Å². The van der Waals surface area contributed by atoms with Gasteiger partial charge in [0.15, 0.2) is 0 Å². The monoisotopic (exact) mass is 484 g/mol. The molecule has 2 aliphatic heterocycles. The molecule has 1 aromatic heterocycles. The minimum atomic E-state index is -0.853. The van der Waals surface area contributed by atoms with Crippen molar-refractivity contribution in [1.82, 2.24) is 9.88 Å². The zero-order valence-corrected chi connectivity index (χ0v) is 19.8. The molecule has 36 heavy (non-hydrogen) atoms. The molecule has 3 heterocycles. The Labute approximate surface area is 207 Å². The van der Waals surface area contributed by atoms with Crippen molar-refractivity contribution in [2.45, 2.75) is 32.0 Å². The number of rotatable bonds is 5. The van der Waals surface area contributed by atoms with E-state index in [2.05, 4.69) is 4.98 Å². The third kappa shape index (κ3) is 4.11. The number of carbonyl (C=O) groups is 3. The summed E-state index contributed by atoms with van der Waals surface area (Å²) in [4.78, 5) is 43.9. The minimum absolute atomic E-state index is 0.00760. The van der Waals surface area contributed by atoms with Crippen molar-refractivity contribution < 1.29 is 29.0 Å². The van der Waals surface area contributed by atoms with Gasteiger partial charge < -0.3 is 19.5 Å². The van der Waals surface area contributed by atoms with Crippen molar-refractivity contribution >= 4 is 23.4 Å². The highest BCUT2D eigenvalue weighted by Gasteiger charge is 2.46. The van der Waals surface area contributed by atoms with Crippen LogP contribution in [0.1, 0.15) is 45.6 Å². The number of hydrogen-bond donors (Lipinski definition) is 1. The molecule has 1 amide bonds. The van der Waals surface area contributed by atoms with Gasteiger partial charge in [0, 0.05) is 30.9 Å². The Kier molecular flexibility index (Phi) is 6.01. The van der Waals surface area contributed by atoms with Crippen LogP contribution in [0.15, 0.2) is 72.6 Å². The number of benzene rings is 2. The lowest BCUT2D eigenvalue weighted by atomic mass is 9.94. The number of carbonyl (C=O) groups excluding carboxylic acids is 3. The molecule has 0 spiro atoms. The zero-order chi connectivity index (χ0) is 25.4. The van der Waals surface area contributed by atoms with Crippen LogP contribution in [-0.4, -0.2) is 45.9 Å². The summed E-state index contributed by atoms with van der Waals surface area (Å²) < 4.78 is 10.5. The summed E-state index contributed by atoms with van der Waals surface area (Å²) in [6.07, 6.45) is 3.93. The number of ether oxygens (including phenoxy) is 2. The van der Waals surface area contributed by atoms with Crippen LogP contribution in [0.25, 0.3) is 5.76 Å². The summed E-state index contributed by atoms with van der Waals surface area (Å²) in [6.45, 7) is 2.10. The fourth-order valence-electron chi connectivity index (χ4n) is 4.72. The van der Waals surface area contributed by atoms with E-state index >= 15 is 0 Å². The molecule has 2 unspecified atom stereocenters. The highest BCUT2D eigenvalue weighted by Crippen LogP contribution is 2.41. The van der Waals surface area contributed by atoms with Crippen molar-refractivity contribution in [2.24, 2.45) is 0 Å². The number of ketones is 1. The number of aromatic nitrogens is 1. The third-order valence-corrected chi connectivity index (χ3v) is 6.46. The van der Waals surface area contributed by atoms with Crippen molar-refractivity contribution in [3.63, 3.8) is 0 Å². The molecule has 1 N–H and O–H groups in total. The van der Waals surface area contributed by atoms with Gasteiger partial charge in [0.1, 0.15) is 17.6 Å². The number of aliphatic hydroxyl groups is 1. The second-order valence-electron chi connectivity index (χ2n) is 8.85. The number of methoxy groups -OCH3 is 1. The summed E-state index contributed by atoms with van der Waals surface area (Å²) in [5.41, 5.74) is 3.05. The van der Waals surface area contributed by atoms with Crippen LogP contribution in [0.4, 0.5) is 0 Å². The molecule has 2 aromatic carbocycles. The third-order valence-electron chi connectivity index (χ3n) is 6.46. The standard InChI is InChI=1S/C28H24N2O6/c1-16-13-21-14-20(7-8-22(21)36-16)25(31)23-24(18-3-5-19(6-4-18)28(34)35-2)30(27(33)26(23)32)15-17-9-11-29-12-10-17/h3-12,14,16,24,31H,13,15H2,1-2H3/b25-23+. The lowest BCUT2D eigenvalue weighted by Gasteiger charge is -2.25. The van der Waals surface area contributed by atoms with Crippen molar-refractivity contribution in [2.75, 3.05) is 7.11 Å². The van der Waals surface area contributed by atoms with Gasteiger partial charge in [0.2, 0.25) is 0 Å². The highest BCUT2D eigenvalue weighted by molar-refractivity contribution is 6.46. The fourth-order valence-corrected chi connectivity index (χ4v) is 4.72. The van der Waals surface area contributed by atoms with E-state index < -0.39 is 23.7 Å². The molecule has 0 aliphatic carbocycles. The van der Waals surface area contributed by atoms with Crippen LogP contribution >= 0.6 is 0 Å². The first kappa shape index (κ1) is 23.3. The number of aliphatic hydroxyl groups excluding tert-OH is 1. The summed E-state index contributed by atoms with van der Waals surface area (Å²) in [5, 5.41) is 11.4. The number of likely N-dealkylation sites (tertiary alicyclic amines) is 1. The number of amides is 1. The predicted molar refractivity (Wildman–Crippen MR) is 130 cm³/mol. The molecule has 3 aromatic rings. The summed E-state index contributed by atoms with van der Waals surface area (Å²) >= 11 is 0. The van der Waals surface area contributed by atoms with E-state index in [4.69, 9.17) is 9.47 Å². The Morgan fingerprint density at radius 3 is 2.47 bits per heavy atom. The average molecular weight is 485 g/mol. The Hall–Kier alpha value is -4.46. The van der Waals surface area contributed by atoms with E-state index in [9.17, 15) is 19.5 Å². The molecule has 2 aliphatic rings. The maximum atomic E-state index is 13.3. The Morgan fingerprint density at radius 1 is 1.08 bits per heavy atom. The maximum Gasteiger partial charge on any atom is 0.337 e. The van der Waals surface area contributed by atoms with E-state index in [0.29, 0.717) is 23.1 Å². The van der Waals surface area contributed by atoms with Crippen molar-refractivity contribution in [1.29, 1.82) is 0 Å². The van der Waals surface area contributed by atoms with Crippen LogP contribution < -0.4 is 4.74 Å². The first-order valence-corrected chi connectivity index (χ1v) is 11.5. The van der Waals surface area contributed by atoms with Gasteiger partial charge in [-0.05, 0) is 66.1 Å². The molecule has 5 rings (SSSR count). The molecule has 8 heteroatoms. The molecule has 0 radical (unpaired) electrons. The minimum Gasteiger partial charge on any atom is -0.507 e. The van der Waals surface area contributed by atoms with E-state index in [1.165, 1.54) is 12.0 Å². The van der Waals surface area contributed by atoms with Gasteiger partial charge in [-0.15, -0.1) is 0 Å². The Bertz CT molecular complexity index is 1380. The topological polar surface area (TPSA) is 106 Å². The number of esters is 1. The lowest BCUT2D eigenvalue weighted by molar-refractivity contribution is -0.140. The first-order valence-electron chi connectivity index (χ1n) is 11.5. The second-order valence-corrected chi connectivity index (χ2v) is 8.85. The first-order chi connectivity index (χ1) is 17.4. The number of pyridine rings is 1. The molecule has 0 bridgehead atoms. The number of hydrogen-bond acceptors (Lipinski definition) is 7. The molecular weight excluding hydrogens is 460 g/mol. The van der Waals surface area contributed by atoms with Gasteiger partial charge in [-0.3, -0.25) is 14.6 Å². The van der Waals surface area contributed by atoms with E-state index in [0.717, 1.165) is 16.9 Å². The van der Waals surface area contributed by atoms with E-state index in [1.807, 2.05) is 6.92 Å². The molecule has 182 valence electrons. The molecule has 2 atom stereocenters. The Balaban J connectivity index is 1.62. The second kappa shape index (κ2) is 9.30. The number of fused-ring (bicyclic) bond motifs is 1. The Morgan fingerprint density at radius 2 is 1.78 bits per heavy atom. The SMILES string of the molecule is COC(=O)c1ccc(C2/C(=C(\O)c3ccc4c(c3)CC(C)O4)C(=O)C(=O)N2Cc2ccncc2)cc1. The van der Waals surface area contributed by atoms with Gasteiger partial charge >= 0.3 is 5.97 Å². The summed E-state index contributed by atoms with van der Waals surface area (Å²) in [5.74, 6) is -1.49. The largest absolute Gasteiger partial charge is 0.507 e. The van der Waals surface area contributed by atoms with E-state index in [-0.39, 0.29) is 24.0 Å². The van der Waals surface area contributed by atoms with Gasteiger partial charge in [-0.2, -0.15) is 0 Å². The van der Waals surface area contributed by atoms with Crippen LogP contribution in [0.3, 0.4) is 0 Å². The zero-order valence-electron chi connectivity index (χ0n) is 19.8. The average Bonchev–Trinajstić information content (AvgIpc) is 3.39. The molecule has 8 nitrogen and oxygen atoms in total. The van der Waals surface area contributed by atoms with Gasteiger partial charge in [-0.1, -0.05) is 12.1 Å². The van der Waals surface area contributed by atoms with Crippen LogP contribution in [0.2, 0.25) is 0 Å². The predicted octanol–water partition coefficient (Wildman–Crippen LogP) is 3.81. The summed E-state index contributed by atoms with van der Waals surface area (Å²) in [6, 6.07) is 14.4. The normalized spacial score (nSPS) is 20.2. The van der Waals surface area contributed by atoms with Crippen LogP contribution in [0.5, 0.6) is 5.75 Å². The smallest absolute Gasteiger partial charge is 0.337 e. The van der Waals surface area contributed by atoms with Crippen molar-refractivity contribution in [3.8, 4) is 5.75 Å². The van der Waals surface area contributed by atoms with Crippen LogP contribution in [0, 0.1) is 0 Å². The molecule has 1 fully saturated rings. The van der Waals surface area contributed by atoms with Gasteiger partial charge in [0.05, 0.1) is 24.3 Å². The quantitative estimate of drug-likeness (QED) is 0.254. The van der Waals surface area contributed by atoms with Crippen LogP contribution in [-0.2, 0) is 27.3 Å². The fraction of sp³-hybridized carbons (Fsp3) is 0.214. The highest BCUT2D eigenvalue weighted by atomic mass is 16.5. The number of nitrogens with zero attached hydrogens (tertiary/aromatic N) is 2. The molecule has 0 saturated carbocycles. The molecular formula is C28H24N2O6. The van der Waals surface area contributed by atoms with Crippen molar-refractivity contribution in [3.05, 3.63) is 100 Å². The number of Topliss-reactive ketones (excluding diaryl/α,β-unsaturated/α-hetero) is 1. The van der Waals surface area contributed by atoms with Gasteiger partial charge in [0.25, 0.3) is 11.7 Å². The summed E-state index contributed by atoms with van der Waals surface area (Å²) in [7, 11) is 1.29. The maximum absolute atomic E-state index is 13.3. The van der Waals surface area contributed by atoms with E-state index in [1.54, 1.807) is 67.0 Å². The molecule has 1 saturated heterocycles. The lowest BCUT2D eigenvalue weighted by Crippen LogP contribution is -2.29.